The largest absolute Gasteiger partial charge is 0.573 e. The van der Waals surface area contributed by atoms with Crippen LogP contribution in [0.15, 0.2) is 47.0 Å². The molecule has 0 bridgehead atoms. The van der Waals surface area contributed by atoms with Crippen LogP contribution in [0, 0.1) is 0 Å². The fourth-order valence-electron chi connectivity index (χ4n) is 3.81. The molecular formula is C20H16F3N5O2. The highest BCUT2D eigenvalue weighted by Crippen LogP contribution is 2.35. The number of benzene rings is 2. The lowest BCUT2D eigenvalue weighted by Crippen LogP contribution is -2.17. The molecule has 1 fully saturated rings. The molecule has 30 heavy (non-hydrogen) atoms. The first kappa shape index (κ1) is 18.6. The molecule has 2 aromatic carbocycles. The van der Waals surface area contributed by atoms with Crippen molar-refractivity contribution in [2.24, 2.45) is 0 Å². The summed E-state index contributed by atoms with van der Waals surface area (Å²) >= 11 is 0. The van der Waals surface area contributed by atoms with E-state index < -0.39 is 12.1 Å². The van der Waals surface area contributed by atoms with Crippen molar-refractivity contribution in [3.63, 3.8) is 0 Å². The molecule has 1 saturated carbocycles. The Bertz CT molecular complexity index is 1190. The summed E-state index contributed by atoms with van der Waals surface area (Å²) in [7, 11) is 0. The molecule has 0 radical (unpaired) electrons. The number of rotatable bonds is 4. The van der Waals surface area contributed by atoms with Crippen molar-refractivity contribution in [2.75, 3.05) is 0 Å². The Labute approximate surface area is 168 Å². The summed E-state index contributed by atoms with van der Waals surface area (Å²) in [5.41, 5.74) is 2.32. The summed E-state index contributed by atoms with van der Waals surface area (Å²) in [4.78, 5) is 4.25. The van der Waals surface area contributed by atoms with Gasteiger partial charge in [-0.3, -0.25) is 0 Å². The highest BCUT2D eigenvalue weighted by molar-refractivity contribution is 5.80. The van der Waals surface area contributed by atoms with E-state index in [4.69, 9.17) is 4.52 Å². The van der Waals surface area contributed by atoms with E-state index in [2.05, 4.69) is 25.2 Å². The van der Waals surface area contributed by atoms with Crippen molar-refractivity contribution in [1.82, 2.24) is 25.1 Å². The van der Waals surface area contributed by atoms with E-state index in [1.165, 1.54) is 31.0 Å². The van der Waals surface area contributed by atoms with E-state index in [9.17, 15) is 13.2 Å². The van der Waals surface area contributed by atoms with Gasteiger partial charge < -0.3 is 9.26 Å². The number of aromatic nitrogens is 5. The number of fused-ring (bicyclic) bond motifs is 1. The normalized spacial score (nSPS) is 15.2. The minimum absolute atomic E-state index is 0.0573. The summed E-state index contributed by atoms with van der Waals surface area (Å²) in [6, 6.07) is 11.5. The molecule has 0 unspecified atom stereocenters. The Morgan fingerprint density at radius 3 is 2.67 bits per heavy atom. The fourth-order valence-corrected chi connectivity index (χ4v) is 3.81. The van der Waals surface area contributed by atoms with Gasteiger partial charge in [-0.1, -0.05) is 35.3 Å². The minimum atomic E-state index is -4.82. The molecule has 0 amide bonds. The van der Waals surface area contributed by atoms with Gasteiger partial charge in [0.2, 0.25) is 5.82 Å². The zero-order valence-electron chi connectivity index (χ0n) is 15.6. The SMILES string of the molecule is FC(F)(F)Oc1ccccc1-c1nc(-c2ccc3c(c2)nnn3C2CCCC2)no1. The van der Waals surface area contributed by atoms with Crippen LogP contribution in [0.1, 0.15) is 31.7 Å². The molecule has 0 spiro atoms. The number of para-hydroxylation sites is 1. The van der Waals surface area contributed by atoms with Crippen molar-refractivity contribution >= 4 is 11.0 Å². The summed E-state index contributed by atoms with van der Waals surface area (Å²) in [6.45, 7) is 0. The van der Waals surface area contributed by atoms with E-state index in [0.717, 1.165) is 18.4 Å². The van der Waals surface area contributed by atoms with E-state index in [0.29, 0.717) is 17.1 Å². The van der Waals surface area contributed by atoms with Crippen molar-refractivity contribution in [1.29, 1.82) is 0 Å². The van der Waals surface area contributed by atoms with Crippen LogP contribution in [-0.4, -0.2) is 31.5 Å². The lowest BCUT2D eigenvalue weighted by molar-refractivity contribution is -0.274. The second kappa shape index (κ2) is 7.12. The van der Waals surface area contributed by atoms with E-state index >= 15 is 0 Å². The van der Waals surface area contributed by atoms with Crippen LogP contribution in [0.4, 0.5) is 13.2 Å². The Balaban J connectivity index is 1.47. The van der Waals surface area contributed by atoms with Crippen molar-refractivity contribution < 1.29 is 22.4 Å². The number of alkyl halides is 3. The van der Waals surface area contributed by atoms with Crippen LogP contribution in [0.2, 0.25) is 0 Å². The average molecular weight is 415 g/mol. The van der Waals surface area contributed by atoms with Crippen LogP contribution >= 0.6 is 0 Å². The molecule has 5 rings (SSSR count). The van der Waals surface area contributed by atoms with Gasteiger partial charge in [0, 0.05) is 5.56 Å². The number of ether oxygens (including phenoxy) is 1. The van der Waals surface area contributed by atoms with Crippen molar-refractivity contribution in [2.45, 2.75) is 38.1 Å². The third-order valence-electron chi connectivity index (χ3n) is 5.17. The molecule has 0 atom stereocenters. The Morgan fingerprint density at radius 1 is 1.07 bits per heavy atom. The van der Waals surface area contributed by atoms with E-state index in [1.54, 1.807) is 12.1 Å². The maximum atomic E-state index is 12.7. The highest BCUT2D eigenvalue weighted by atomic mass is 19.4. The molecule has 0 N–H and O–H groups in total. The molecule has 0 aliphatic heterocycles. The molecule has 10 heteroatoms. The smallest absolute Gasteiger partial charge is 0.405 e. The molecule has 0 saturated heterocycles. The lowest BCUT2D eigenvalue weighted by atomic mass is 10.1. The zero-order valence-corrected chi connectivity index (χ0v) is 15.6. The van der Waals surface area contributed by atoms with Crippen LogP contribution in [0.3, 0.4) is 0 Å². The van der Waals surface area contributed by atoms with Gasteiger partial charge in [-0.25, -0.2) is 4.68 Å². The first-order valence-corrected chi connectivity index (χ1v) is 9.52. The molecule has 1 aliphatic rings. The van der Waals surface area contributed by atoms with Gasteiger partial charge in [0.25, 0.3) is 5.89 Å². The summed E-state index contributed by atoms with van der Waals surface area (Å²) in [6.07, 6.45) is -0.263. The first-order valence-electron chi connectivity index (χ1n) is 9.52. The Hall–Kier alpha value is -3.43. The van der Waals surface area contributed by atoms with E-state index in [-0.39, 0.29) is 17.3 Å². The quantitative estimate of drug-likeness (QED) is 0.458. The Morgan fingerprint density at radius 2 is 1.87 bits per heavy atom. The summed E-state index contributed by atoms with van der Waals surface area (Å²) < 4.78 is 49.2. The van der Waals surface area contributed by atoms with Gasteiger partial charge in [-0.15, -0.1) is 18.3 Å². The molecule has 154 valence electrons. The zero-order chi connectivity index (χ0) is 20.7. The Kier molecular flexibility index (Phi) is 4.41. The number of halogens is 3. The molecule has 1 aliphatic carbocycles. The topological polar surface area (TPSA) is 78.9 Å². The minimum Gasteiger partial charge on any atom is -0.405 e. The maximum Gasteiger partial charge on any atom is 0.573 e. The maximum absolute atomic E-state index is 12.7. The van der Waals surface area contributed by atoms with Crippen LogP contribution in [0.5, 0.6) is 5.75 Å². The van der Waals surface area contributed by atoms with Crippen molar-refractivity contribution in [3.05, 3.63) is 42.5 Å². The van der Waals surface area contributed by atoms with Crippen LogP contribution in [0.25, 0.3) is 33.9 Å². The van der Waals surface area contributed by atoms with Gasteiger partial charge in [0.1, 0.15) is 11.3 Å². The molecular weight excluding hydrogens is 399 g/mol. The summed E-state index contributed by atoms with van der Waals surface area (Å²) in [5.74, 6) is -0.237. The fraction of sp³-hybridized carbons (Fsp3) is 0.300. The third-order valence-corrected chi connectivity index (χ3v) is 5.17. The van der Waals surface area contributed by atoms with E-state index in [1.807, 2.05) is 16.8 Å². The number of hydrogen-bond donors (Lipinski definition) is 0. The molecule has 2 heterocycles. The van der Waals surface area contributed by atoms with Crippen LogP contribution < -0.4 is 4.74 Å². The third kappa shape index (κ3) is 3.49. The number of nitrogens with zero attached hydrogens (tertiary/aromatic N) is 5. The monoisotopic (exact) mass is 415 g/mol. The molecule has 2 aromatic heterocycles. The van der Waals surface area contributed by atoms with Gasteiger partial charge in [-0.05, 0) is 43.2 Å². The molecule has 4 aromatic rings. The predicted octanol–water partition coefficient (Wildman–Crippen LogP) is 5.16. The first-order chi connectivity index (χ1) is 14.5. The highest BCUT2D eigenvalue weighted by Gasteiger charge is 2.33. The second-order valence-electron chi connectivity index (χ2n) is 7.14. The summed E-state index contributed by atoms with van der Waals surface area (Å²) in [5, 5.41) is 12.5. The standard InChI is InChI=1S/C20H16F3N5O2/c21-20(22,23)29-17-8-4-3-7-14(17)19-24-18(26-30-19)12-9-10-16-15(11-12)25-27-28(16)13-5-1-2-6-13/h3-4,7-11,13H,1-2,5-6H2. The van der Waals surface area contributed by atoms with Gasteiger partial charge in [0.15, 0.2) is 0 Å². The average Bonchev–Trinajstić information content (AvgIpc) is 3.46. The lowest BCUT2D eigenvalue weighted by Gasteiger charge is -2.10. The predicted molar refractivity (Wildman–Crippen MR) is 100 cm³/mol. The van der Waals surface area contributed by atoms with Crippen molar-refractivity contribution in [3.8, 4) is 28.6 Å². The van der Waals surface area contributed by atoms with Gasteiger partial charge in [-0.2, -0.15) is 4.98 Å². The van der Waals surface area contributed by atoms with Gasteiger partial charge in [0.05, 0.1) is 17.1 Å². The molecule has 7 nitrogen and oxygen atoms in total. The van der Waals surface area contributed by atoms with Gasteiger partial charge >= 0.3 is 6.36 Å². The van der Waals surface area contributed by atoms with Crippen LogP contribution in [-0.2, 0) is 0 Å². The number of hydrogen-bond acceptors (Lipinski definition) is 6. The second-order valence-corrected chi connectivity index (χ2v) is 7.14.